The van der Waals surface area contributed by atoms with Gasteiger partial charge in [-0.2, -0.15) is 0 Å². The molecular weight excluding hydrogens is 584 g/mol. The molecule has 0 saturated carbocycles. The molecule has 0 heterocycles. The van der Waals surface area contributed by atoms with Crippen molar-refractivity contribution in [3.63, 3.8) is 0 Å². The lowest BCUT2D eigenvalue weighted by atomic mass is 10.1. The molecule has 0 radical (unpaired) electrons. The number of unbranched alkanes of at least 4 members (excludes halogenated alkanes) is 19. The van der Waals surface area contributed by atoms with Crippen molar-refractivity contribution in [3.8, 4) is 0 Å². The molecule has 0 aromatic heterocycles. The van der Waals surface area contributed by atoms with Gasteiger partial charge in [0.1, 0.15) is 6.61 Å². The van der Waals surface area contributed by atoms with Crippen molar-refractivity contribution in [1.82, 2.24) is 0 Å². The summed E-state index contributed by atoms with van der Waals surface area (Å²) in [6, 6.07) is 0. The molecule has 0 bridgehead atoms. The fraction of sp³-hybridized carbons (Fsp3) is 0.762. The van der Waals surface area contributed by atoms with Crippen LogP contribution < -0.4 is 0 Å². The molecule has 1 N–H and O–H groups in total. The van der Waals surface area contributed by atoms with Crippen LogP contribution in [0.4, 0.5) is 0 Å². The van der Waals surface area contributed by atoms with E-state index in [1.54, 1.807) is 0 Å². The highest BCUT2D eigenvalue weighted by Gasteiger charge is 2.16. The Bertz CT molecular complexity index is 797. The van der Waals surface area contributed by atoms with Gasteiger partial charge in [0, 0.05) is 12.8 Å². The van der Waals surface area contributed by atoms with Gasteiger partial charge in [0.2, 0.25) is 0 Å². The van der Waals surface area contributed by atoms with Gasteiger partial charge in [-0.05, 0) is 70.6 Å². The summed E-state index contributed by atoms with van der Waals surface area (Å²) in [5.74, 6) is -0.613. The first-order valence-electron chi connectivity index (χ1n) is 19.7. The van der Waals surface area contributed by atoms with Gasteiger partial charge in [-0.25, -0.2) is 0 Å². The quantitative estimate of drug-likeness (QED) is 0.0417. The van der Waals surface area contributed by atoms with Crippen molar-refractivity contribution in [2.24, 2.45) is 0 Å². The number of allylic oxidation sites excluding steroid dienone is 8. The third-order valence-electron chi connectivity index (χ3n) is 8.35. The first-order valence-corrected chi connectivity index (χ1v) is 19.7. The van der Waals surface area contributed by atoms with E-state index in [1.165, 1.54) is 103 Å². The molecule has 0 aliphatic carbocycles. The van der Waals surface area contributed by atoms with Crippen LogP contribution in [0, 0.1) is 0 Å². The smallest absolute Gasteiger partial charge is 0.306 e. The number of ether oxygens (including phenoxy) is 2. The zero-order chi connectivity index (χ0) is 34.3. The molecule has 272 valence electrons. The number of aliphatic hydroxyl groups excluding tert-OH is 1. The Labute approximate surface area is 290 Å². The van der Waals surface area contributed by atoms with E-state index in [-0.39, 0.29) is 25.2 Å². The van der Waals surface area contributed by atoms with Crippen LogP contribution in [-0.4, -0.2) is 36.4 Å². The summed E-state index contributed by atoms with van der Waals surface area (Å²) < 4.78 is 10.6. The van der Waals surface area contributed by atoms with Crippen molar-refractivity contribution in [2.45, 2.75) is 193 Å². The highest BCUT2D eigenvalue weighted by Crippen LogP contribution is 2.13. The maximum Gasteiger partial charge on any atom is 0.306 e. The van der Waals surface area contributed by atoms with Gasteiger partial charge in [-0.1, -0.05) is 152 Å². The number of rotatable bonds is 35. The Kier molecular flexibility index (Phi) is 36.6. The lowest BCUT2D eigenvalue weighted by molar-refractivity contribution is -0.161. The Morgan fingerprint density at radius 1 is 0.489 bits per heavy atom. The maximum absolute atomic E-state index is 12.2. The van der Waals surface area contributed by atoms with E-state index in [4.69, 9.17) is 9.47 Å². The molecule has 0 aliphatic heterocycles. The number of hydrogen-bond acceptors (Lipinski definition) is 5. The predicted octanol–water partition coefficient (Wildman–Crippen LogP) is 12.2. The Morgan fingerprint density at radius 3 is 1.32 bits per heavy atom. The van der Waals surface area contributed by atoms with Gasteiger partial charge >= 0.3 is 11.9 Å². The summed E-state index contributed by atoms with van der Waals surface area (Å²) in [4.78, 5) is 24.2. The zero-order valence-electron chi connectivity index (χ0n) is 30.8. The van der Waals surface area contributed by atoms with Crippen LogP contribution >= 0.6 is 0 Å². The molecule has 0 aromatic carbocycles. The minimum Gasteiger partial charge on any atom is -0.462 e. The van der Waals surface area contributed by atoms with Crippen LogP contribution in [0.25, 0.3) is 0 Å². The summed E-state index contributed by atoms with van der Waals surface area (Å²) in [6.45, 7) is 4.05. The zero-order valence-corrected chi connectivity index (χ0v) is 30.8. The lowest BCUT2D eigenvalue weighted by Gasteiger charge is -2.15. The minimum atomic E-state index is -0.779. The van der Waals surface area contributed by atoms with Crippen molar-refractivity contribution in [2.75, 3.05) is 13.2 Å². The summed E-state index contributed by atoms with van der Waals surface area (Å²) in [6.07, 6.45) is 47.4. The lowest BCUT2D eigenvalue weighted by Crippen LogP contribution is -2.28. The van der Waals surface area contributed by atoms with Gasteiger partial charge < -0.3 is 14.6 Å². The normalized spacial score (nSPS) is 12.7. The highest BCUT2D eigenvalue weighted by atomic mass is 16.6. The average Bonchev–Trinajstić information content (AvgIpc) is 3.07. The van der Waals surface area contributed by atoms with E-state index < -0.39 is 6.10 Å². The van der Waals surface area contributed by atoms with E-state index in [9.17, 15) is 14.7 Å². The molecule has 0 saturated heterocycles. The third-order valence-corrected chi connectivity index (χ3v) is 8.35. The van der Waals surface area contributed by atoms with Crippen LogP contribution in [0.1, 0.15) is 187 Å². The molecule has 1 atom stereocenters. The Morgan fingerprint density at radius 2 is 0.872 bits per heavy atom. The second kappa shape index (κ2) is 38.3. The van der Waals surface area contributed by atoms with Crippen molar-refractivity contribution < 1.29 is 24.2 Å². The van der Waals surface area contributed by atoms with E-state index in [0.717, 1.165) is 57.8 Å². The molecule has 0 fully saturated rings. The summed E-state index contributed by atoms with van der Waals surface area (Å²) in [5.41, 5.74) is 0. The predicted molar refractivity (Wildman–Crippen MR) is 200 cm³/mol. The van der Waals surface area contributed by atoms with Crippen LogP contribution in [0.3, 0.4) is 0 Å². The molecule has 1 unspecified atom stereocenters. The first-order chi connectivity index (χ1) is 23.1. The topological polar surface area (TPSA) is 72.8 Å². The molecule has 5 nitrogen and oxygen atoms in total. The minimum absolute atomic E-state index is 0.0754. The van der Waals surface area contributed by atoms with Gasteiger partial charge in [0.05, 0.1) is 6.61 Å². The van der Waals surface area contributed by atoms with E-state index in [1.807, 2.05) is 0 Å². The standard InChI is InChI=1S/C42H74O5/c1-3-5-7-9-11-13-15-17-19-20-21-22-23-25-27-29-31-33-35-37-42(45)47-40(38-43)39-46-41(44)36-34-32-30-28-26-24-18-16-14-12-10-8-6-4-2/h10-13,16-19,40,43H,3-9,14-15,20-39H2,1-2H3/b12-10-,13-11-,18-16-,19-17-. The maximum atomic E-state index is 12.2. The van der Waals surface area contributed by atoms with Gasteiger partial charge in [0.25, 0.3) is 0 Å². The molecule has 0 spiro atoms. The molecule has 0 aliphatic rings. The number of hydrogen-bond donors (Lipinski definition) is 1. The van der Waals surface area contributed by atoms with Gasteiger partial charge in [-0.15, -0.1) is 0 Å². The van der Waals surface area contributed by atoms with Crippen LogP contribution in [0.15, 0.2) is 48.6 Å². The largest absolute Gasteiger partial charge is 0.462 e. The molecule has 5 heteroatoms. The summed E-state index contributed by atoms with van der Waals surface area (Å²) >= 11 is 0. The molecule has 0 aromatic rings. The van der Waals surface area contributed by atoms with E-state index >= 15 is 0 Å². The Balaban J connectivity index is 3.58. The van der Waals surface area contributed by atoms with Gasteiger partial charge in [-0.3, -0.25) is 9.59 Å². The molecule has 0 amide bonds. The van der Waals surface area contributed by atoms with Crippen LogP contribution in [0.2, 0.25) is 0 Å². The number of aliphatic hydroxyl groups is 1. The SMILES string of the molecule is CCCC/C=C\C/C=C\CCCCCCCC(=O)OCC(CO)OC(=O)CCCCCCCCCCC/C=C\C/C=C\CCCCC. The average molecular weight is 659 g/mol. The van der Waals surface area contributed by atoms with Crippen LogP contribution in [-0.2, 0) is 19.1 Å². The van der Waals surface area contributed by atoms with E-state index in [0.29, 0.717) is 12.8 Å². The second-order valence-electron chi connectivity index (χ2n) is 13.0. The fourth-order valence-electron chi connectivity index (χ4n) is 5.31. The second-order valence-corrected chi connectivity index (χ2v) is 13.0. The van der Waals surface area contributed by atoms with Crippen LogP contribution in [0.5, 0.6) is 0 Å². The van der Waals surface area contributed by atoms with E-state index in [2.05, 4.69) is 62.5 Å². The molecule has 47 heavy (non-hydrogen) atoms. The van der Waals surface area contributed by atoms with Gasteiger partial charge in [0.15, 0.2) is 6.10 Å². The summed E-state index contributed by atoms with van der Waals surface area (Å²) in [7, 11) is 0. The fourth-order valence-corrected chi connectivity index (χ4v) is 5.31. The summed E-state index contributed by atoms with van der Waals surface area (Å²) in [5, 5.41) is 9.55. The molecule has 0 rings (SSSR count). The molecular formula is C42H74O5. The highest BCUT2D eigenvalue weighted by molar-refractivity contribution is 5.70. The first kappa shape index (κ1) is 44.9. The van der Waals surface area contributed by atoms with Crippen molar-refractivity contribution in [1.29, 1.82) is 0 Å². The Hall–Kier alpha value is -2.14. The van der Waals surface area contributed by atoms with Crippen molar-refractivity contribution >= 4 is 11.9 Å². The third kappa shape index (κ3) is 36.5. The number of carbonyl (C=O) groups excluding carboxylic acids is 2. The number of esters is 2. The monoisotopic (exact) mass is 659 g/mol. The van der Waals surface area contributed by atoms with Crippen molar-refractivity contribution in [3.05, 3.63) is 48.6 Å². The number of carbonyl (C=O) groups is 2.